The Bertz CT molecular complexity index is 1040. The normalized spacial score (nSPS) is 14.8. The minimum absolute atomic E-state index is 0.0532. The Hall–Kier alpha value is -1.07. The van der Waals surface area contributed by atoms with Crippen LogP contribution in [0.4, 0.5) is 0 Å². The number of rotatable bonds is 9. The lowest BCUT2D eigenvalue weighted by Crippen LogP contribution is -2.40. The van der Waals surface area contributed by atoms with Gasteiger partial charge in [0.15, 0.2) is 9.84 Å². The van der Waals surface area contributed by atoms with Crippen molar-refractivity contribution >= 4 is 54.9 Å². The van der Waals surface area contributed by atoms with Crippen molar-refractivity contribution in [3.63, 3.8) is 0 Å². The Morgan fingerprint density at radius 3 is 2.03 bits per heavy atom. The molecule has 12 heteroatoms. The molecule has 0 spiro atoms. The molecule has 0 bridgehead atoms. The first kappa shape index (κ1) is 25.2. The highest BCUT2D eigenvalue weighted by atomic mass is 35.6. The average Bonchev–Trinajstić information content (AvgIpc) is 2.70. The van der Waals surface area contributed by atoms with Gasteiger partial charge in [-0.2, -0.15) is 13.1 Å². The van der Waals surface area contributed by atoms with E-state index in [1.807, 2.05) is 0 Å². The number of halogens is 3. The second-order valence-corrected chi connectivity index (χ2v) is 12.5. The van der Waals surface area contributed by atoms with E-state index in [4.69, 9.17) is 43.7 Å². The van der Waals surface area contributed by atoms with Gasteiger partial charge in [-0.3, -0.25) is 4.18 Å². The molecule has 0 saturated heterocycles. The van der Waals surface area contributed by atoms with Crippen molar-refractivity contribution in [2.75, 3.05) is 13.7 Å². The molecule has 0 aliphatic carbocycles. The van der Waals surface area contributed by atoms with E-state index in [0.29, 0.717) is 11.3 Å². The fraction of sp³-hybridized carbons (Fsp3) is 0.333. The van der Waals surface area contributed by atoms with Crippen molar-refractivity contribution < 1.29 is 25.8 Å². The SMILES string of the molecule is COc1ccc([C@@H](NS(=O)(=O)OCC(Cl)(Cl)Cl)[C@H](C)S(=O)(=O)c2ccccc2)cc1. The van der Waals surface area contributed by atoms with E-state index in [2.05, 4.69) is 4.72 Å². The molecule has 30 heavy (non-hydrogen) atoms. The zero-order valence-corrected chi connectivity index (χ0v) is 19.9. The lowest BCUT2D eigenvalue weighted by atomic mass is 10.1. The fourth-order valence-electron chi connectivity index (χ4n) is 2.58. The molecule has 0 aliphatic heterocycles. The van der Waals surface area contributed by atoms with Gasteiger partial charge >= 0.3 is 10.3 Å². The predicted molar refractivity (Wildman–Crippen MR) is 117 cm³/mol. The van der Waals surface area contributed by atoms with Crippen LogP contribution in [0.15, 0.2) is 59.5 Å². The molecule has 1 N–H and O–H groups in total. The molecular formula is C18H20Cl3NO6S2. The van der Waals surface area contributed by atoms with Crippen LogP contribution in [0.25, 0.3) is 0 Å². The summed E-state index contributed by atoms with van der Waals surface area (Å²) in [6, 6.07) is 12.8. The van der Waals surface area contributed by atoms with Gasteiger partial charge < -0.3 is 4.74 Å². The van der Waals surface area contributed by atoms with E-state index in [0.717, 1.165) is 0 Å². The van der Waals surface area contributed by atoms with Crippen LogP contribution in [-0.2, 0) is 24.3 Å². The van der Waals surface area contributed by atoms with Crippen molar-refractivity contribution in [2.45, 2.75) is 26.9 Å². The van der Waals surface area contributed by atoms with Gasteiger partial charge in [-0.25, -0.2) is 8.42 Å². The van der Waals surface area contributed by atoms with Crippen LogP contribution in [0.1, 0.15) is 18.5 Å². The van der Waals surface area contributed by atoms with Gasteiger partial charge in [-0.05, 0) is 36.8 Å². The van der Waals surface area contributed by atoms with Crippen LogP contribution >= 0.6 is 34.8 Å². The fourth-order valence-corrected chi connectivity index (χ4v) is 5.63. The molecule has 0 saturated carbocycles. The second kappa shape index (κ2) is 10.0. The van der Waals surface area contributed by atoms with E-state index in [1.165, 1.54) is 26.2 Å². The van der Waals surface area contributed by atoms with E-state index < -0.39 is 41.8 Å². The highest BCUT2D eigenvalue weighted by Crippen LogP contribution is 2.30. The third kappa shape index (κ3) is 6.98. The van der Waals surface area contributed by atoms with E-state index in [-0.39, 0.29) is 4.90 Å². The lowest BCUT2D eigenvalue weighted by Gasteiger charge is -2.26. The van der Waals surface area contributed by atoms with Crippen molar-refractivity contribution in [3.8, 4) is 5.75 Å². The predicted octanol–water partition coefficient (Wildman–Crippen LogP) is 3.82. The molecule has 2 rings (SSSR count). The largest absolute Gasteiger partial charge is 0.497 e. The van der Waals surface area contributed by atoms with Gasteiger partial charge in [-0.1, -0.05) is 65.1 Å². The highest BCUT2D eigenvalue weighted by molar-refractivity contribution is 7.92. The number of hydrogen-bond donors (Lipinski definition) is 1. The van der Waals surface area contributed by atoms with Crippen LogP contribution < -0.4 is 9.46 Å². The third-order valence-corrected chi connectivity index (χ3v) is 7.63. The van der Waals surface area contributed by atoms with Crippen molar-refractivity contribution in [2.24, 2.45) is 0 Å². The summed E-state index contributed by atoms with van der Waals surface area (Å²) < 4.78 is 61.2. The van der Waals surface area contributed by atoms with Gasteiger partial charge in [0.2, 0.25) is 3.79 Å². The van der Waals surface area contributed by atoms with E-state index in [1.54, 1.807) is 42.5 Å². The zero-order chi connectivity index (χ0) is 22.6. The first-order valence-electron chi connectivity index (χ1n) is 8.52. The van der Waals surface area contributed by atoms with Gasteiger partial charge in [0.05, 0.1) is 23.3 Å². The van der Waals surface area contributed by atoms with Crippen LogP contribution in [0.2, 0.25) is 0 Å². The van der Waals surface area contributed by atoms with Crippen LogP contribution in [0, 0.1) is 0 Å². The van der Waals surface area contributed by atoms with Gasteiger partial charge in [0.1, 0.15) is 12.4 Å². The molecule has 2 aromatic rings. The Kier molecular flexibility index (Phi) is 8.43. The number of benzene rings is 2. The van der Waals surface area contributed by atoms with Crippen LogP contribution in [0.3, 0.4) is 0 Å². The zero-order valence-electron chi connectivity index (χ0n) is 16.0. The minimum atomic E-state index is -4.46. The number of nitrogens with one attached hydrogen (secondary N) is 1. The number of methoxy groups -OCH3 is 1. The number of sulfone groups is 1. The molecule has 0 aliphatic rings. The Morgan fingerprint density at radius 1 is 0.967 bits per heavy atom. The Balaban J connectivity index is 2.42. The maximum Gasteiger partial charge on any atom is 0.336 e. The van der Waals surface area contributed by atoms with Crippen molar-refractivity contribution in [3.05, 3.63) is 60.2 Å². The van der Waals surface area contributed by atoms with Gasteiger partial charge in [0, 0.05) is 0 Å². The smallest absolute Gasteiger partial charge is 0.336 e. The minimum Gasteiger partial charge on any atom is -0.497 e. The topological polar surface area (TPSA) is 98.8 Å². The third-order valence-electron chi connectivity index (χ3n) is 4.15. The molecule has 0 amide bonds. The molecule has 0 unspecified atom stereocenters. The summed E-state index contributed by atoms with van der Waals surface area (Å²) in [6.07, 6.45) is 0. The average molecular weight is 517 g/mol. The monoisotopic (exact) mass is 515 g/mol. The summed E-state index contributed by atoms with van der Waals surface area (Å²) in [6.45, 7) is 0.650. The number of hydrogen-bond acceptors (Lipinski definition) is 6. The van der Waals surface area contributed by atoms with Gasteiger partial charge in [-0.15, -0.1) is 0 Å². The molecule has 166 valence electrons. The summed E-state index contributed by atoms with van der Waals surface area (Å²) in [7, 11) is -6.90. The molecule has 7 nitrogen and oxygen atoms in total. The molecule has 2 aromatic carbocycles. The molecule has 0 aromatic heterocycles. The Labute approximate surface area is 191 Å². The van der Waals surface area contributed by atoms with Crippen LogP contribution in [-0.4, -0.2) is 39.6 Å². The van der Waals surface area contributed by atoms with Gasteiger partial charge in [0.25, 0.3) is 0 Å². The number of alkyl halides is 3. The first-order valence-corrected chi connectivity index (χ1v) is 12.6. The van der Waals surface area contributed by atoms with E-state index in [9.17, 15) is 16.8 Å². The van der Waals surface area contributed by atoms with E-state index >= 15 is 0 Å². The molecular weight excluding hydrogens is 497 g/mol. The first-order chi connectivity index (χ1) is 13.9. The summed E-state index contributed by atoms with van der Waals surface area (Å²) in [4.78, 5) is 0.0532. The summed E-state index contributed by atoms with van der Waals surface area (Å²) in [5.41, 5.74) is 0.379. The standard InChI is InChI=1S/C18H20Cl3NO6S2/c1-13(29(23,24)16-6-4-3-5-7-16)17(14-8-10-15(27-2)11-9-14)22-30(25,26)28-12-18(19,20)21/h3-11,13,17,22H,12H2,1-2H3/t13-,17-/m0/s1. The molecule has 0 radical (unpaired) electrons. The maximum absolute atomic E-state index is 13.1. The summed E-state index contributed by atoms with van der Waals surface area (Å²) in [5.74, 6) is 0.520. The number of ether oxygens (including phenoxy) is 1. The summed E-state index contributed by atoms with van der Waals surface area (Å²) >= 11 is 16.6. The maximum atomic E-state index is 13.1. The second-order valence-electron chi connectivity index (χ2n) is 6.26. The lowest BCUT2D eigenvalue weighted by molar-refractivity contribution is 0.313. The molecule has 0 heterocycles. The molecule has 0 fully saturated rings. The van der Waals surface area contributed by atoms with Crippen LogP contribution in [0.5, 0.6) is 5.75 Å². The van der Waals surface area contributed by atoms with Crippen molar-refractivity contribution in [1.29, 1.82) is 0 Å². The highest BCUT2D eigenvalue weighted by Gasteiger charge is 2.35. The Morgan fingerprint density at radius 2 is 1.53 bits per heavy atom. The summed E-state index contributed by atoms with van der Waals surface area (Å²) in [5, 5.41) is -1.19. The quantitative estimate of drug-likeness (QED) is 0.509. The molecule has 2 atom stereocenters. The van der Waals surface area contributed by atoms with Crippen molar-refractivity contribution in [1.82, 2.24) is 4.72 Å².